The Morgan fingerprint density at radius 3 is 2.52 bits per heavy atom. The fraction of sp³-hybridized carbons (Fsp3) is 0.643. The molecule has 1 aromatic rings. The zero-order valence-corrected chi connectivity index (χ0v) is 14.6. The monoisotopic (exact) mass is 312 g/mol. The number of carbonyl (C=O) groups is 1. The molecule has 118 valence electrons. The van der Waals surface area contributed by atoms with Crippen LogP contribution in [0, 0.1) is 0 Å². The summed E-state index contributed by atoms with van der Waals surface area (Å²) in [5.41, 5.74) is -0.147. The van der Waals surface area contributed by atoms with Crippen LogP contribution in [0.25, 0.3) is 0 Å². The molecule has 0 spiro atoms. The summed E-state index contributed by atoms with van der Waals surface area (Å²) < 4.78 is 12.0. The molecule has 0 atom stereocenters. The highest BCUT2D eigenvalue weighted by atomic mass is 28.4. The summed E-state index contributed by atoms with van der Waals surface area (Å²) in [7, 11) is -0.563. The highest BCUT2D eigenvalue weighted by Gasteiger charge is 2.36. The molecule has 21 heavy (non-hydrogen) atoms. The minimum Gasteiger partial charge on any atom is -0.464 e. The molecule has 0 saturated heterocycles. The van der Waals surface area contributed by atoms with Crippen LogP contribution in [-0.2, 0) is 15.7 Å². The lowest BCUT2D eigenvalue weighted by molar-refractivity contribution is 0.0592. The van der Waals surface area contributed by atoms with E-state index in [1.165, 1.54) is 17.9 Å². The lowest BCUT2D eigenvalue weighted by atomic mass is 10.2. The molecular weight excluding hydrogens is 288 g/mol. The number of esters is 1. The topological polar surface area (TPSA) is 70.4 Å². The van der Waals surface area contributed by atoms with Gasteiger partial charge in [0.1, 0.15) is 0 Å². The Kier molecular flexibility index (Phi) is 5.46. The van der Waals surface area contributed by atoms with Crippen LogP contribution in [-0.4, -0.2) is 37.6 Å². The average molecular weight is 312 g/mol. The predicted molar refractivity (Wildman–Crippen MR) is 83.0 cm³/mol. The van der Waals surface area contributed by atoms with Crippen molar-refractivity contribution in [2.45, 2.75) is 45.4 Å². The van der Waals surface area contributed by atoms with Crippen molar-refractivity contribution in [1.29, 1.82) is 0 Å². The number of carbonyl (C=O) groups excluding carboxylic acids is 1. The maximum Gasteiger partial charge on any atom is 0.358 e. The van der Waals surface area contributed by atoms with Gasteiger partial charge in [-0.05, 0) is 18.1 Å². The van der Waals surface area contributed by atoms with Gasteiger partial charge in [-0.25, -0.2) is 9.78 Å². The molecule has 1 rings (SSSR count). The van der Waals surface area contributed by atoms with Crippen molar-refractivity contribution in [2.75, 3.05) is 13.7 Å². The first kappa shape index (κ1) is 17.6. The Hall–Kier alpha value is -1.47. The maximum absolute atomic E-state index is 11.7. The standard InChI is InChI=1S/C14H24N2O4Si/c1-14(2,3)21(5,6)20-8-7-16-10-11(13(18)19-4)15-9-12(16)17/h9-10H,7-8H2,1-6H3. The molecule has 0 aliphatic carbocycles. The van der Waals surface area contributed by atoms with Gasteiger partial charge in [0.15, 0.2) is 14.0 Å². The molecule has 0 aromatic carbocycles. The Labute approximate surface area is 126 Å². The summed E-state index contributed by atoms with van der Waals surface area (Å²) in [4.78, 5) is 26.9. The molecule has 6 nitrogen and oxygen atoms in total. The summed E-state index contributed by atoms with van der Waals surface area (Å²) in [5.74, 6) is -0.561. The summed E-state index contributed by atoms with van der Waals surface area (Å²) in [6, 6.07) is 0. The van der Waals surface area contributed by atoms with E-state index in [-0.39, 0.29) is 16.3 Å². The van der Waals surface area contributed by atoms with Crippen LogP contribution in [0.4, 0.5) is 0 Å². The smallest absolute Gasteiger partial charge is 0.358 e. The molecule has 0 unspecified atom stereocenters. The molecule has 7 heteroatoms. The second-order valence-corrected chi connectivity index (χ2v) is 11.2. The first-order chi connectivity index (χ1) is 9.58. The van der Waals surface area contributed by atoms with Crippen LogP contribution in [0.3, 0.4) is 0 Å². The van der Waals surface area contributed by atoms with Crippen LogP contribution in [0.5, 0.6) is 0 Å². The highest BCUT2D eigenvalue weighted by molar-refractivity contribution is 6.74. The van der Waals surface area contributed by atoms with Crippen LogP contribution in [0.2, 0.25) is 18.1 Å². The van der Waals surface area contributed by atoms with Gasteiger partial charge in [-0.15, -0.1) is 0 Å². The number of ether oxygens (including phenoxy) is 1. The summed E-state index contributed by atoms with van der Waals surface area (Å²) in [6.45, 7) is 11.6. The molecule has 0 aliphatic heterocycles. The van der Waals surface area contributed by atoms with E-state index in [0.717, 1.165) is 6.20 Å². The Balaban J connectivity index is 2.76. The molecule has 0 radical (unpaired) electrons. The van der Waals surface area contributed by atoms with E-state index in [9.17, 15) is 9.59 Å². The van der Waals surface area contributed by atoms with Crippen LogP contribution >= 0.6 is 0 Å². The minimum absolute atomic E-state index is 0.115. The van der Waals surface area contributed by atoms with Crippen molar-refractivity contribution in [3.8, 4) is 0 Å². The number of hydrogen-bond donors (Lipinski definition) is 0. The van der Waals surface area contributed by atoms with E-state index in [0.29, 0.717) is 13.2 Å². The zero-order valence-electron chi connectivity index (χ0n) is 13.6. The third kappa shape index (κ3) is 4.50. The van der Waals surface area contributed by atoms with Crippen LogP contribution in [0.1, 0.15) is 31.3 Å². The summed E-state index contributed by atoms with van der Waals surface area (Å²) in [5, 5.41) is 0.118. The molecule has 0 saturated carbocycles. The van der Waals surface area contributed by atoms with Gasteiger partial charge in [0.25, 0.3) is 5.56 Å². The minimum atomic E-state index is -1.84. The highest BCUT2D eigenvalue weighted by Crippen LogP contribution is 2.36. The van der Waals surface area contributed by atoms with Gasteiger partial charge in [0.05, 0.1) is 19.9 Å². The number of rotatable bonds is 5. The molecule has 0 amide bonds. The fourth-order valence-electron chi connectivity index (χ4n) is 1.44. The third-order valence-electron chi connectivity index (χ3n) is 3.87. The van der Waals surface area contributed by atoms with Crippen LogP contribution < -0.4 is 5.56 Å². The fourth-order valence-corrected chi connectivity index (χ4v) is 2.48. The Morgan fingerprint density at radius 1 is 1.38 bits per heavy atom. The van der Waals surface area contributed by atoms with Crippen molar-refractivity contribution < 1.29 is 14.0 Å². The van der Waals surface area contributed by atoms with E-state index in [1.807, 2.05) is 0 Å². The number of hydrogen-bond acceptors (Lipinski definition) is 5. The van der Waals surface area contributed by atoms with Crippen molar-refractivity contribution in [3.05, 3.63) is 28.4 Å². The second-order valence-electron chi connectivity index (χ2n) is 6.40. The van der Waals surface area contributed by atoms with Crippen molar-refractivity contribution in [2.24, 2.45) is 0 Å². The van der Waals surface area contributed by atoms with E-state index in [1.54, 1.807) is 0 Å². The Morgan fingerprint density at radius 2 is 2.00 bits per heavy atom. The molecule has 1 aromatic heterocycles. The summed E-state index contributed by atoms with van der Waals surface area (Å²) in [6.07, 6.45) is 2.53. The zero-order chi connectivity index (χ0) is 16.3. The van der Waals surface area contributed by atoms with Gasteiger partial charge in [-0.3, -0.25) is 4.79 Å². The summed E-state index contributed by atoms with van der Waals surface area (Å²) >= 11 is 0. The van der Waals surface area contributed by atoms with E-state index < -0.39 is 14.3 Å². The molecule has 0 fully saturated rings. The molecular formula is C14H24N2O4Si. The molecule has 0 bridgehead atoms. The van der Waals surface area contributed by atoms with E-state index in [2.05, 4.69) is 43.6 Å². The normalized spacial score (nSPS) is 12.3. The van der Waals surface area contributed by atoms with Crippen molar-refractivity contribution in [3.63, 3.8) is 0 Å². The van der Waals surface area contributed by atoms with Gasteiger partial charge < -0.3 is 13.7 Å². The third-order valence-corrected chi connectivity index (χ3v) is 8.41. The Bertz CT molecular complexity index is 561. The van der Waals surface area contributed by atoms with Gasteiger partial charge in [-0.2, -0.15) is 0 Å². The van der Waals surface area contributed by atoms with Crippen molar-refractivity contribution >= 4 is 14.3 Å². The first-order valence-corrected chi connectivity index (χ1v) is 9.78. The lowest BCUT2D eigenvalue weighted by Crippen LogP contribution is -2.41. The largest absolute Gasteiger partial charge is 0.464 e. The number of aromatic nitrogens is 2. The van der Waals surface area contributed by atoms with Gasteiger partial charge in [0.2, 0.25) is 0 Å². The quantitative estimate of drug-likeness (QED) is 0.615. The second kappa shape index (κ2) is 6.53. The maximum atomic E-state index is 11.7. The average Bonchev–Trinajstić information content (AvgIpc) is 2.38. The first-order valence-electron chi connectivity index (χ1n) is 6.87. The van der Waals surface area contributed by atoms with Gasteiger partial charge in [-0.1, -0.05) is 20.8 Å². The van der Waals surface area contributed by atoms with E-state index in [4.69, 9.17) is 4.43 Å². The van der Waals surface area contributed by atoms with Crippen molar-refractivity contribution in [1.82, 2.24) is 9.55 Å². The van der Waals surface area contributed by atoms with Gasteiger partial charge >= 0.3 is 5.97 Å². The lowest BCUT2D eigenvalue weighted by Gasteiger charge is -2.36. The SMILES string of the molecule is COC(=O)c1cn(CCO[Si](C)(C)C(C)(C)C)c(=O)cn1. The van der Waals surface area contributed by atoms with Gasteiger partial charge in [0, 0.05) is 12.7 Å². The molecule has 0 aliphatic rings. The predicted octanol–water partition coefficient (Wildman–Crippen LogP) is 2.05. The molecule has 1 heterocycles. The van der Waals surface area contributed by atoms with E-state index >= 15 is 0 Å². The van der Waals surface area contributed by atoms with Crippen LogP contribution in [0.15, 0.2) is 17.2 Å². The number of nitrogens with zero attached hydrogens (tertiary/aromatic N) is 2. The molecule has 0 N–H and O–H groups in total. The number of methoxy groups -OCH3 is 1.